The molecule has 0 saturated carbocycles. The first-order valence-corrected chi connectivity index (χ1v) is 2.81. The van der Waals surface area contributed by atoms with Gasteiger partial charge in [0.15, 0.2) is 0 Å². The van der Waals surface area contributed by atoms with Crippen molar-refractivity contribution in [2.45, 2.75) is 6.92 Å². The van der Waals surface area contributed by atoms with E-state index in [0.29, 0.717) is 0 Å². The summed E-state index contributed by atoms with van der Waals surface area (Å²) in [5.41, 5.74) is 1.23. The molecule has 0 aliphatic heterocycles. The van der Waals surface area contributed by atoms with Crippen molar-refractivity contribution in [3.05, 3.63) is 36.9 Å². The molecule has 10 heavy (non-hydrogen) atoms. The molecule has 0 aliphatic rings. The van der Waals surface area contributed by atoms with E-state index in [2.05, 4.69) is 7.11 Å². The normalized spacial score (nSPS) is 8.20. The zero-order chi connectivity index (χ0) is 6.69. The Morgan fingerprint density at radius 1 is 1.20 bits per heavy atom. The van der Waals surface area contributed by atoms with Gasteiger partial charge in [0.2, 0.25) is 0 Å². The summed E-state index contributed by atoms with van der Waals surface area (Å²) < 4.78 is 4.72. The zero-order valence-corrected chi connectivity index (χ0v) is 6.42. The van der Waals surface area contributed by atoms with Gasteiger partial charge in [0.1, 0.15) is 0 Å². The minimum atomic E-state index is 0. The molecule has 0 radical (unpaired) electrons. The van der Waals surface area contributed by atoms with Crippen molar-refractivity contribution in [3.8, 4) is 5.75 Å². The Labute approximate surface area is 73.6 Å². The first-order valence-electron chi connectivity index (χ1n) is 2.81. The number of hydrogen-bond donors (Lipinski definition) is 0. The van der Waals surface area contributed by atoms with E-state index in [1.54, 1.807) is 0 Å². The number of ether oxygens (including phenoxy) is 1. The molecule has 1 rings (SSSR count). The van der Waals surface area contributed by atoms with Crippen LogP contribution in [0.3, 0.4) is 0 Å². The van der Waals surface area contributed by atoms with E-state index in [9.17, 15) is 0 Å². The van der Waals surface area contributed by atoms with E-state index in [4.69, 9.17) is 4.74 Å². The van der Waals surface area contributed by atoms with Gasteiger partial charge in [-0.3, -0.25) is 0 Å². The van der Waals surface area contributed by atoms with E-state index in [0.717, 1.165) is 5.75 Å². The molecule has 48 valence electrons. The Morgan fingerprint density at radius 3 is 2.10 bits per heavy atom. The molecule has 0 heterocycles. The molecule has 1 aromatic carbocycles. The van der Waals surface area contributed by atoms with Gasteiger partial charge >= 0.3 is 18.9 Å². The molecular weight excluding hydrogens is 119 g/mol. The van der Waals surface area contributed by atoms with Gasteiger partial charge in [-0.1, -0.05) is 17.7 Å². The standard InChI is InChI=1S/C8H9O.Li/c1-7-3-5-8(9-2)6-4-7;/h3-6H,2H2,1H3;/q-1;+1. The van der Waals surface area contributed by atoms with Crippen LogP contribution in [-0.2, 0) is 0 Å². The summed E-state index contributed by atoms with van der Waals surface area (Å²) in [4.78, 5) is 0. The van der Waals surface area contributed by atoms with Crippen LogP contribution in [0.4, 0.5) is 0 Å². The number of benzene rings is 1. The fourth-order valence-corrected chi connectivity index (χ4v) is 0.634. The van der Waals surface area contributed by atoms with Crippen LogP contribution in [0.15, 0.2) is 24.3 Å². The van der Waals surface area contributed by atoms with Crippen molar-refractivity contribution in [1.29, 1.82) is 0 Å². The Morgan fingerprint density at radius 2 is 1.70 bits per heavy atom. The summed E-state index contributed by atoms with van der Waals surface area (Å²) in [6.07, 6.45) is 0. The minimum Gasteiger partial charge on any atom is -0.665 e. The van der Waals surface area contributed by atoms with E-state index in [1.165, 1.54) is 5.56 Å². The van der Waals surface area contributed by atoms with E-state index in [-0.39, 0.29) is 18.9 Å². The fourth-order valence-electron chi connectivity index (χ4n) is 0.634. The average Bonchev–Trinajstić information content (AvgIpc) is 1.90. The molecule has 0 saturated heterocycles. The van der Waals surface area contributed by atoms with Crippen LogP contribution in [0.2, 0.25) is 0 Å². The summed E-state index contributed by atoms with van der Waals surface area (Å²) in [5, 5.41) is 0. The molecule has 0 atom stereocenters. The average molecular weight is 128 g/mol. The fraction of sp³-hybridized carbons (Fsp3) is 0.125. The molecule has 0 spiro atoms. The predicted molar refractivity (Wildman–Crippen MR) is 37.2 cm³/mol. The van der Waals surface area contributed by atoms with Crippen LogP contribution >= 0.6 is 0 Å². The van der Waals surface area contributed by atoms with Gasteiger partial charge in [0.25, 0.3) is 0 Å². The van der Waals surface area contributed by atoms with E-state index >= 15 is 0 Å². The molecule has 0 N–H and O–H groups in total. The summed E-state index contributed by atoms with van der Waals surface area (Å²) >= 11 is 0. The number of hydrogen-bond acceptors (Lipinski definition) is 1. The van der Waals surface area contributed by atoms with Gasteiger partial charge < -0.3 is 4.74 Å². The third-order valence-electron chi connectivity index (χ3n) is 1.19. The number of rotatable bonds is 1. The maximum absolute atomic E-state index is 4.72. The summed E-state index contributed by atoms with van der Waals surface area (Å²) in [6.45, 7) is 2.03. The van der Waals surface area contributed by atoms with Gasteiger partial charge in [-0.15, -0.1) is 0 Å². The zero-order valence-electron chi connectivity index (χ0n) is 6.42. The van der Waals surface area contributed by atoms with Crippen molar-refractivity contribution in [3.63, 3.8) is 0 Å². The predicted octanol–water partition coefficient (Wildman–Crippen LogP) is -0.831. The topological polar surface area (TPSA) is 9.23 Å². The Balaban J connectivity index is 0.000000810. The van der Waals surface area contributed by atoms with Crippen LogP contribution in [0.1, 0.15) is 5.56 Å². The monoisotopic (exact) mass is 128 g/mol. The quantitative estimate of drug-likeness (QED) is 0.354. The molecule has 1 aromatic rings. The van der Waals surface area contributed by atoms with Gasteiger partial charge in [-0.25, -0.2) is 0 Å². The second-order valence-corrected chi connectivity index (χ2v) is 1.96. The Hall–Kier alpha value is -0.383. The van der Waals surface area contributed by atoms with Gasteiger partial charge in [0.05, 0.1) is 5.75 Å². The van der Waals surface area contributed by atoms with Gasteiger partial charge in [-0.2, -0.15) is 7.11 Å². The van der Waals surface area contributed by atoms with Crippen molar-refractivity contribution < 1.29 is 23.6 Å². The first kappa shape index (κ1) is 9.62. The third kappa shape index (κ3) is 2.47. The minimum absolute atomic E-state index is 0. The van der Waals surface area contributed by atoms with Crippen LogP contribution in [0.5, 0.6) is 5.75 Å². The number of aryl methyl sites for hydroxylation is 1. The maximum atomic E-state index is 4.72. The van der Waals surface area contributed by atoms with Crippen molar-refractivity contribution in [1.82, 2.24) is 0 Å². The van der Waals surface area contributed by atoms with Crippen molar-refractivity contribution in [2.24, 2.45) is 0 Å². The second-order valence-electron chi connectivity index (χ2n) is 1.96. The molecule has 0 amide bonds. The summed E-state index contributed by atoms with van der Waals surface area (Å²) in [6, 6.07) is 7.76. The molecular formula is C8H9LiO. The molecule has 2 heteroatoms. The molecule has 0 unspecified atom stereocenters. The van der Waals surface area contributed by atoms with Crippen molar-refractivity contribution in [2.75, 3.05) is 0 Å². The Kier molecular flexibility index (Phi) is 4.27. The molecule has 0 fully saturated rings. The molecule has 0 aromatic heterocycles. The molecule has 1 nitrogen and oxygen atoms in total. The molecule has 0 aliphatic carbocycles. The van der Waals surface area contributed by atoms with Crippen LogP contribution in [0.25, 0.3) is 0 Å². The van der Waals surface area contributed by atoms with Gasteiger partial charge in [-0.05, 0) is 19.1 Å². The van der Waals surface area contributed by atoms with Crippen molar-refractivity contribution >= 4 is 0 Å². The van der Waals surface area contributed by atoms with E-state index in [1.807, 2.05) is 31.2 Å². The summed E-state index contributed by atoms with van der Waals surface area (Å²) in [7, 11) is 3.29. The maximum Gasteiger partial charge on any atom is 1.00 e. The van der Waals surface area contributed by atoms with Gasteiger partial charge in [0, 0.05) is 0 Å². The summed E-state index contributed by atoms with van der Waals surface area (Å²) in [5.74, 6) is 0.806. The van der Waals surface area contributed by atoms with Crippen LogP contribution in [-0.4, -0.2) is 0 Å². The smallest absolute Gasteiger partial charge is 0.665 e. The van der Waals surface area contributed by atoms with Crippen LogP contribution < -0.4 is 23.6 Å². The first-order chi connectivity index (χ1) is 4.33. The largest absolute Gasteiger partial charge is 1.00 e. The SMILES string of the molecule is [CH2-]Oc1ccc(C)cc1.[Li+]. The Bertz CT molecular complexity index is 181. The van der Waals surface area contributed by atoms with E-state index < -0.39 is 0 Å². The van der Waals surface area contributed by atoms with Crippen LogP contribution in [0, 0.1) is 14.0 Å². The second kappa shape index (κ2) is 4.44. The molecule has 0 bridgehead atoms. The third-order valence-corrected chi connectivity index (χ3v) is 1.19.